The third-order valence-electron chi connectivity index (χ3n) is 9.02. The summed E-state index contributed by atoms with van der Waals surface area (Å²) >= 11 is 0. The number of carbonyl (C=O) groups excluding carboxylic acids is 1. The molecule has 3 rings (SSSR count). The summed E-state index contributed by atoms with van der Waals surface area (Å²) in [7, 11) is -7.35. The monoisotopic (exact) mass is 730 g/mol. The van der Waals surface area contributed by atoms with Crippen molar-refractivity contribution in [3.05, 3.63) is 33.1 Å². The van der Waals surface area contributed by atoms with Gasteiger partial charge < -0.3 is 31.9 Å². The molecule has 0 unspecified atom stereocenters. The molecule has 2 fully saturated rings. The van der Waals surface area contributed by atoms with Crippen LogP contribution in [-0.4, -0.2) is 84.0 Å². The Morgan fingerprint density at radius 2 is 1.56 bits per heavy atom. The molecule has 0 spiro atoms. The topological polar surface area (TPSA) is 126 Å². The van der Waals surface area contributed by atoms with Gasteiger partial charge in [-0.2, -0.15) is 0 Å². The molecule has 2 saturated heterocycles. The molecule has 12 nitrogen and oxygen atoms in total. The fraction of sp³-hybridized carbons (Fsp3) is 0.848. The molecule has 2 aliphatic heterocycles. The third kappa shape index (κ3) is 9.46. The first-order valence-electron chi connectivity index (χ1n) is 17.4. The lowest BCUT2D eigenvalue weighted by Crippen LogP contribution is -2.66. The highest BCUT2D eigenvalue weighted by atomic mass is 28.5. The van der Waals surface area contributed by atoms with E-state index in [2.05, 4.69) is 75.0 Å². The minimum atomic E-state index is -3.10. The quantitative estimate of drug-likeness (QED) is 0.138. The van der Waals surface area contributed by atoms with Crippen molar-refractivity contribution in [2.45, 2.75) is 161 Å². The highest BCUT2D eigenvalue weighted by Gasteiger charge is 2.62. The van der Waals surface area contributed by atoms with Gasteiger partial charge in [-0.3, -0.25) is 9.36 Å². The number of hydrogen-bond acceptors (Lipinski definition) is 10. The Morgan fingerprint density at radius 1 is 0.979 bits per heavy atom. The number of esters is 1. The predicted molar refractivity (Wildman–Crippen MR) is 192 cm³/mol. The maximum atomic E-state index is 14.0. The van der Waals surface area contributed by atoms with Gasteiger partial charge in [0.25, 0.3) is 5.56 Å². The second-order valence-corrected chi connectivity index (χ2v) is 31.1. The van der Waals surface area contributed by atoms with Crippen molar-refractivity contribution in [2.75, 3.05) is 19.8 Å². The van der Waals surface area contributed by atoms with E-state index < -0.39 is 79.2 Å². The van der Waals surface area contributed by atoms with Gasteiger partial charge in [0.15, 0.2) is 6.23 Å². The highest BCUT2D eigenvalue weighted by molar-refractivity contribution is 6.84. The molecule has 1 aromatic heterocycles. The van der Waals surface area contributed by atoms with Crippen LogP contribution in [0.4, 0.5) is 0 Å². The van der Waals surface area contributed by atoms with E-state index in [9.17, 15) is 14.4 Å². The largest absolute Gasteiger partial charge is 0.458 e. The Labute approximate surface area is 290 Å². The molecule has 0 aliphatic carbocycles. The molecule has 2 aliphatic rings. The first kappa shape index (κ1) is 41.0. The van der Waals surface area contributed by atoms with E-state index in [4.69, 9.17) is 31.9 Å². The Balaban J connectivity index is 2.12. The Hall–Kier alpha value is -1.44. The van der Waals surface area contributed by atoms with Gasteiger partial charge in [-0.1, -0.05) is 75.0 Å². The minimum absolute atomic E-state index is 0.0349. The average molecular weight is 731 g/mol. The number of rotatable bonds is 13. The summed E-state index contributed by atoms with van der Waals surface area (Å²) < 4.78 is 48.2. The second-order valence-electron chi connectivity index (χ2n) is 16.6. The molecule has 0 radical (unpaired) electrons. The summed E-state index contributed by atoms with van der Waals surface area (Å²) in [5.74, 6) is -0.557. The van der Waals surface area contributed by atoms with Gasteiger partial charge >= 0.3 is 28.8 Å². The lowest BCUT2D eigenvalue weighted by atomic mass is 10.1. The molecule has 3 heterocycles. The van der Waals surface area contributed by atoms with Gasteiger partial charge in [0.05, 0.1) is 6.61 Å². The van der Waals surface area contributed by atoms with Crippen LogP contribution in [0.3, 0.4) is 0 Å². The summed E-state index contributed by atoms with van der Waals surface area (Å²) in [5, 5.41) is 0. The maximum absolute atomic E-state index is 14.0. The lowest BCUT2D eigenvalue weighted by molar-refractivity contribution is -0.166. The first-order chi connectivity index (χ1) is 22.0. The van der Waals surface area contributed by atoms with Crippen LogP contribution >= 0.6 is 0 Å². The van der Waals surface area contributed by atoms with Crippen molar-refractivity contribution in [2.24, 2.45) is 0 Å². The zero-order chi connectivity index (χ0) is 36.4. The molecule has 0 aromatic carbocycles. The van der Waals surface area contributed by atoms with Gasteiger partial charge in [0.1, 0.15) is 37.3 Å². The van der Waals surface area contributed by atoms with E-state index in [-0.39, 0.29) is 35.5 Å². The van der Waals surface area contributed by atoms with E-state index in [1.165, 1.54) is 16.8 Å². The van der Waals surface area contributed by atoms with Crippen LogP contribution in [0.1, 0.15) is 82.4 Å². The number of fused-ring (bicyclic) bond motifs is 1. The number of aromatic nitrogens is 2. The predicted octanol–water partition coefficient (Wildman–Crippen LogP) is 5.90. The van der Waals surface area contributed by atoms with E-state index in [0.29, 0.717) is 6.61 Å². The molecular weight excluding hydrogens is 669 g/mol. The molecule has 276 valence electrons. The van der Waals surface area contributed by atoms with E-state index in [0.717, 1.165) is 10.6 Å². The van der Waals surface area contributed by atoms with Crippen molar-refractivity contribution in [3.8, 4) is 0 Å². The molecular formula is C33H62N2O10Si3. The molecule has 4 atom stereocenters. The third-order valence-corrected chi connectivity index (χ3v) is 21.0. The Morgan fingerprint density at radius 3 is 2.08 bits per heavy atom. The maximum Gasteiger partial charge on any atom is 0.335 e. The van der Waals surface area contributed by atoms with Crippen molar-refractivity contribution < 1.29 is 36.7 Å². The van der Waals surface area contributed by atoms with Crippen molar-refractivity contribution in [3.63, 3.8) is 0 Å². The van der Waals surface area contributed by atoms with Gasteiger partial charge in [0, 0.05) is 26.9 Å². The normalized spacial score (nSPS) is 24.6. The molecule has 0 N–H and O–H groups in total. The lowest BCUT2D eigenvalue weighted by Gasteiger charge is -2.51. The molecule has 0 amide bonds. The van der Waals surface area contributed by atoms with Gasteiger partial charge in [-0.25, -0.2) is 14.2 Å². The zero-order valence-corrected chi connectivity index (χ0v) is 34.8. The molecule has 0 saturated carbocycles. The Kier molecular flexibility index (Phi) is 13.5. The van der Waals surface area contributed by atoms with Crippen molar-refractivity contribution in [1.82, 2.24) is 9.13 Å². The number of ether oxygens (including phenoxy) is 4. The van der Waals surface area contributed by atoms with Crippen molar-refractivity contribution >= 4 is 31.2 Å². The van der Waals surface area contributed by atoms with Crippen LogP contribution in [0.2, 0.25) is 47.8 Å². The summed E-state index contributed by atoms with van der Waals surface area (Å²) in [4.78, 5) is 39.8. The van der Waals surface area contributed by atoms with Crippen LogP contribution < -0.4 is 11.2 Å². The van der Waals surface area contributed by atoms with Gasteiger partial charge in [-0.05, 0) is 49.0 Å². The van der Waals surface area contributed by atoms with Crippen LogP contribution in [-0.2, 0) is 43.4 Å². The smallest absolute Gasteiger partial charge is 0.335 e. The van der Waals surface area contributed by atoms with E-state index >= 15 is 0 Å². The highest BCUT2D eigenvalue weighted by Crippen LogP contribution is 2.48. The van der Waals surface area contributed by atoms with Crippen LogP contribution in [0.15, 0.2) is 21.9 Å². The van der Waals surface area contributed by atoms with E-state index in [1.807, 2.05) is 0 Å². The van der Waals surface area contributed by atoms with Crippen LogP contribution in [0, 0.1) is 0 Å². The van der Waals surface area contributed by atoms with Crippen molar-refractivity contribution in [1.29, 1.82) is 0 Å². The zero-order valence-electron chi connectivity index (χ0n) is 31.8. The van der Waals surface area contributed by atoms with E-state index in [1.54, 1.807) is 20.8 Å². The number of hydrogen-bond donors (Lipinski definition) is 0. The number of carbonyl (C=O) groups is 1. The Bertz CT molecular complexity index is 1330. The van der Waals surface area contributed by atoms with Crippen LogP contribution in [0.5, 0.6) is 0 Å². The summed E-state index contributed by atoms with van der Waals surface area (Å²) in [6.07, 6.45) is -1.93. The number of nitrogens with zero attached hydrogens (tertiary/aromatic N) is 2. The standard InChI is InChI=1S/C33H62N2O10Si3/c1-22(2)47(23(3)4)41-19-26-29(44-48(45-47,24(5)6)25(7)8)30(40-20-28(37)43-33(9,10)11)31(42-26)34-16-15-27(36)35(32(34)38)21-39-17-18-46(12,13)14/h15-16,22-26,29-31H,17-21H2,1-14H3/t26-,29-,30-,31-/m1/s1. The minimum Gasteiger partial charge on any atom is -0.458 e. The average Bonchev–Trinajstić information content (AvgIpc) is 3.25. The first-order valence-corrected chi connectivity index (χ1v) is 25.1. The fourth-order valence-electron chi connectivity index (χ4n) is 6.44. The summed E-state index contributed by atoms with van der Waals surface area (Å²) in [5.41, 5.74) is -1.48. The summed E-state index contributed by atoms with van der Waals surface area (Å²) in [6.45, 7) is 29.1. The molecule has 15 heteroatoms. The SMILES string of the molecule is CC(C)[Si]1(C(C)C)OC[C@H]2O[C@@H](n3ccc(=O)n(COCC[Si](C)(C)C)c3=O)[C@H](OCC(=O)OC(C)(C)C)[C@@H]2O[Si](C(C)C)(C(C)C)O1. The fourth-order valence-corrected chi connectivity index (χ4v) is 18.4. The molecule has 0 bridgehead atoms. The molecule has 1 aromatic rings. The van der Waals surface area contributed by atoms with Gasteiger partial charge in [-0.15, -0.1) is 0 Å². The second kappa shape index (κ2) is 15.8. The molecule has 48 heavy (non-hydrogen) atoms. The van der Waals surface area contributed by atoms with Crippen LogP contribution in [0.25, 0.3) is 0 Å². The van der Waals surface area contributed by atoms with Gasteiger partial charge in [0.2, 0.25) is 0 Å². The summed E-state index contributed by atoms with van der Waals surface area (Å²) in [6, 6.07) is 2.21.